The highest BCUT2D eigenvalue weighted by Crippen LogP contribution is 2.43. The minimum Gasteiger partial charge on any atom is -0.480 e. The van der Waals surface area contributed by atoms with Crippen LogP contribution >= 0.6 is 7.82 Å². The Morgan fingerprint density at radius 3 is 1.40 bits per heavy atom. The van der Waals surface area contributed by atoms with Crippen LogP contribution < -0.4 is 5.73 Å². The Morgan fingerprint density at radius 2 is 0.914 bits per heavy atom. The number of aliphatic carboxylic acids is 1. The van der Waals surface area contributed by atoms with E-state index in [1.54, 1.807) is 0 Å². The molecule has 0 amide bonds. The molecule has 0 aromatic rings. The fourth-order valence-electron chi connectivity index (χ4n) is 6.21. The van der Waals surface area contributed by atoms with Crippen molar-refractivity contribution in [1.29, 1.82) is 0 Å². The van der Waals surface area contributed by atoms with Crippen LogP contribution in [0.1, 0.15) is 206 Å². The highest BCUT2D eigenvalue weighted by atomic mass is 31.2. The minimum absolute atomic E-state index is 0.155. The molecule has 0 rings (SSSR count). The third-order valence-electron chi connectivity index (χ3n) is 9.86. The molecule has 0 aromatic heterocycles. The van der Waals surface area contributed by atoms with Crippen LogP contribution in [0.25, 0.3) is 0 Å². The van der Waals surface area contributed by atoms with Gasteiger partial charge in [0.1, 0.15) is 12.6 Å². The minimum atomic E-state index is -4.72. The van der Waals surface area contributed by atoms with Crippen LogP contribution in [0, 0.1) is 0 Å². The SMILES string of the molecule is CCCCC/C=C\C/C=C\CCCCCCCCCCCC(=O)OC(COC(=O)CCCCCCC/C=C\CCCCCCCC)COP(=O)(O)OCC(N)C(=O)O. The summed E-state index contributed by atoms with van der Waals surface area (Å²) in [4.78, 5) is 46.0. The van der Waals surface area contributed by atoms with Crippen molar-refractivity contribution < 1.29 is 47.5 Å². The van der Waals surface area contributed by atoms with Gasteiger partial charge >= 0.3 is 25.7 Å². The quantitative estimate of drug-likeness (QED) is 0.0231. The molecule has 4 N–H and O–H groups in total. The fraction of sp³-hybridized carbons (Fsp3) is 0.804. The van der Waals surface area contributed by atoms with Crippen molar-refractivity contribution in [3.63, 3.8) is 0 Å². The first-order valence-corrected chi connectivity index (χ1v) is 24.5. The number of carboxylic acid groups (broad SMARTS) is 1. The Kier molecular flexibility index (Phi) is 39.8. The van der Waals surface area contributed by atoms with Crippen LogP contribution in [0.4, 0.5) is 0 Å². The second kappa shape index (κ2) is 41.4. The van der Waals surface area contributed by atoms with Crippen LogP contribution in [0.5, 0.6) is 0 Å². The molecule has 11 nitrogen and oxygen atoms in total. The Hall–Kier alpha value is -2.30. The summed E-state index contributed by atoms with van der Waals surface area (Å²) in [5, 5.41) is 8.90. The molecule has 0 heterocycles. The number of unbranched alkanes of at least 4 members (excludes halogenated alkanes) is 23. The zero-order valence-electron chi connectivity index (χ0n) is 36.6. The maximum absolute atomic E-state index is 12.6. The van der Waals surface area contributed by atoms with Gasteiger partial charge in [-0.05, 0) is 70.6 Å². The summed E-state index contributed by atoms with van der Waals surface area (Å²) in [6.07, 6.45) is 44.8. The second-order valence-electron chi connectivity index (χ2n) is 15.5. The Bertz CT molecular complexity index is 1130. The topological polar surface area (TPSA) is 172 Å². The molecule has 0 bridgehead atoms. The van der Waals surface area contributed by atoms with E-state index in [4.69, 9.17) is 24.8 Å². The van der Waals surface area contributed by atoms with Crippen molar-refractivity contribution in [1.82, 2.24) is 0 Å². The van der Waals surface area contributed by atoms with Gasteiger partial charge in [0.25, 0.3) is 0 Å². The number of phosphoric ester groups is 1. The molecule has 58 heavy (non-hydrogen) atoms. The molecule has 0 spiro atoms. The zero-order valence-corrected chi connectivity index (χ0v) is 37.5. The lowest BCUT2D eigenvalue weighted by Crippen LogP contribution is -2.34. The highest BCUT2D eigenvalue weighted by molar-refractivity contribution is 7.47. The van der Waals surface area contributed by atoms with Crippen molar-refractivity contribution in [3.05, 3.63) is 36.5 Å². The molecular formula is C46H84NO10P. The molecule has 3 unspecified atom stereocenters. The largest absolute Gasteiger partial charge is 0.480 e. The normalized spacial score (nSPS) is 14.0. The molecule has 0 saturated carbocycles. The molecule has 0 aliphatic rings. The van der Waals surface area contributed by atoms with E-state index in [0.717, 1.165) is 70.6 Å². The number of carbonyl (C=O) groups is 3. The molecule has 0 aliphatic carbocycles. The summed E-state index contributed by atoms with van der Waals surface area (Å²) in [6, 6.07) is -1.52. The Morgan fingerprint density at radius 1 is 0.534 bits per heavy atom. The van der Waals surface area contributed by atoms with Gasteiger partial charge in [0, 0.05) is 12.8 Å². The lowest BCUT2D eigenvalue weighted by molar-refractivity contribution is -0.161. The predicted molar refractivity (Wildman–Crippen MR) is 235 cm³/mol. The van der Waals surface area contributed by atoms with E-state index in [1.165, 1.54) is 96.3 Å². The van der Waals surface area contributed by atoms with Gasteiger partial charge in [0.05, 0.1) is 13.2 Å². The number of hydrogen-bond acceptors (Lipinski definition) is 9. The number of allylic oxidation sites excluding steroid dienone is 6. The number of esters is 2. The van der Waals surface area contributed by atoms with Gasteiger partial charge in [-0.3, -0.25) is 23.4 Å². The molecule has 0 fully saturated rings. The first-order valence-electron chi connectivity index (χ1n) is 23.0. The molecule has 338 valence electrons. The maximum Gasteiger partial charge on any atom is 0.472 e. The van der Waals surface area contributed by atoms with Crippen LogP contribution in [0.15, 0.2) is 36.5 Å². The van der Waals surface area contributed by atoms with Gasteiger partial charge < -0.3 is 25.2 Å². The number of phosphoric acid groups is 1. The van der Waals surface area contributed by atoms with E-state index in [2.05, 4.69) is 54.8 Å². The summed E-state index contributed by atoms with van der Waals surface area (Å²) in [5.41, 5.74) is 5.34. The highest BCUT2D eigenvalue weighted by Gasteiger charge is 2.28. The van der Waals surface area contributed by atoms with Gasteiger partial charge in [-0.2, -0.15) is 0 Å². The van der Waals surface area contributed by atoms with Gasteiger partial charge in [-0.15, -0.1) is 0 Å². The molecule has 3 atom stereocenters. The first kappa shape index (κ1) is 55.7. The average molecular weight is 842 g/mol. The van der Waals surface area contributed by atoms with Crippen molar-refractivity contribution in [2.75, 3.05) is 19.8 Å². The van der Waals surface area contributed by atoms with Gasteiger partial charge in [-0.25, -0.2) is 4.57 Å². The lowest BCUT2D eigenvalue weighted by Gasteiger charge is -2.20. The number of nitrogens with two attached hydrogens (primary N) is 1. The monoisotopic (exact) mass is 842 g/mol. The number of hydrogen-bond donors (Lipinski definition) is 3. The fourth-order valence-corrected chi connectivity index (χ4v) is 6.99. The van der Waals surface area contributed by atoms with Crippen molar-refractivity contribution in [2.45, 2.75) is 219 Å². The Labute approximate surface area is 353 Å². The summed E-state index contributed by atoms with van der Waals surface area (Å²) in [5.74, 6) is -2.39. The molecular weight excluding hydrogens is 757 g/mol. The summed E-state index contributed by atoms with van der Waals surface area (Å²) >= 11 is 0. The summed E-state index contributed by atoms with van der Waals surface area (Å²) < 4.78 is 32.7. The van der Waals surface area contributed by atoms with Gasteiger partial charge in [0.15, 0.2) is 6.10 Å². The Balaban J connectivity index is 4.33. The van der Waals surface area contributed by atoms with Crippen LogP contribution in [-0.4, -0.2) is 59.9 Å². The van der Waals surface area contributed by atoms with E-state index >= 15 is 0 Å². The van der Waals surface area contributed by atoms with Crippen molar-refractivity contribution >= 4 is 25.7 Å². The average Bonchev–Trinajstić information content (AvgIpc) is 3.20. The lowest BCUT2D eigenvalue weighted by atomic mass is 10.1. The van der Waals surface area contributed by atoms with E-state index in [-0.39, 0.29) is 19.4 Å². The number of ether oxygens (including phenoxy) is 2. The van der Waals surface area contributed by atoms with Gasteiger partial charge in [0.2, 0.25) is 0 Å². The third-order valence-corrected chi connectivity index (χ3v) is 10.8. The van der Waals surface area contributed by atoms with Crippen molar-refractivity contribution in [2.24, 2.45) is 5.73 Å². The number of rotatable bonds is 43. The maximum atomic E-state index is 12.6. The molecule has 0 radical (unpaired) electrons. The third kappa shape index (κ3) is 40.5. The van der Waals surface area contributed by atoms with E-state index < -0.39 is 51.1 Å². The summed E-state index contributed by atoms with van der Waals surface area (Å²) in [7, 11) is -4.72. The standard InChI is InChI=1S/C46H84NO10P/c1-3-5-7-9-11-13-15-17-19-20-21-22-24-26-28-30-32-34-36-38-45(49)57-42(40-55-58(52,53)56-41-43(47)46(50)51)39-54-44(48)37-35-33-31-29-27-25-23-18-16-14-12-10-8-6-4-2/h11,13,17-19,23,42-43H,3-10,12,14-16,20-22,24-41,47H2,1-2H3,(H,50,51)(H,52,53)/b13-11-,19-17-,23-18-. The van der Waals surface area contributed by atoms with E-state index in [1.807, 2.05) is 0 Å². The van der Waals surface area contributed by atoms with E-state index in [0.29, 0.717) is 12.8 Å². The second-order valence-corrected chi connectivity index (χ2v) is 17.0. The predicted octanol–water partition coefficient (Wildman–Crippen LogP) is 12.4. The van der Waals surface area contributed by atoms with Crippen LogP contribution in [-0.2, 0) is 37.5 Å². The first-order chi connectivity index (χ1) is 28.1. The molecule has 12 heteroatoms. The number of carbonyl (C=O) groups excluding carboxylic acids is 2. The van der Waals surface area contributed by atoms with Crippen molar-refractivity contribution in [3.8, 4) is 0 Å². The number of carboxylic acids is 1. The zero-order chi connectivity index (χ0) is 42.8. The van der Waals surface area contributed by atoms with Crippen LogP contribution in [0.2, 0.25) is 0 Å². The molecule has 0 saturated heterocycles. The molecule has 0 aliphatic heterocycles. The van der Waals surface area contributed by atoms with E-state index in [9.17, 15) is 23.8 Å². The van der Waals surface area contributed by atoms with Crippen LogP contribution in [0.3, 0.4) is 0 Å². The molecule has 0 aromatic carbocycles. The smallest absolute Gasteiger partial charge is 0.472 e. The van der Waals surface area contributed by atoms with Gasteiger partial charge in [-0.1, -0.05) is 159 Å². The summed E-state index contributed by atoms with van der Waals surface area (Å²) in [6.45, 7) is 2.77.